The van der Waals surface area contributed by atoms with E-state index in [2.05, 4.69) is 20.3 Å². The van der Waals surface area contributed by atoms with Crippen LogP contribution in [0.2, 0.25) is 0 Å². The monoisotopic (exact) mass is 349 g/mol. The topological polar surface area (TPSA) is 87.9 Å². The Morgan fingerprint density at radius 2 is 2.08 bits per heavy atom. The molecular formula is C19H19N5O2. The smallest absolute Gasteiger partial charge is 0.275 e. The van der Waals surface area contributed by atoms with Crippen LogP contribution in [0.15, 0.2) is 34.9 Å². The maximum absolute atomic E-state index is 13.1. The first-order valence-corrected chi connectivity index (χ1v) is 9.07. The Morgan fingerprint density at radius 3 is 2.96 bits per heavy atom. The highest BCUT2D eigenvalue weighted by molar-refractivity contribution is 5.94. The molecule has 132 valence electrons. The molecule has 1 unspecified atom stereocenters. The second-order valence-corrected chi connectivity index (χ2v) is 6.86. The first-order valence-electron chi connectivity index (χ1n) is 9.07. The van der Waals surface area contributed by atoms with Crippen molar-refractivity contribution in [2.75, 3.05) is 6.54 Å². The summed E-state index contributed by atoms with van der Waals surface area (Å²) >= 11 is 0. The van der Waals surface area contributed by atoms with Gasteiger partial charge in [0.05, 0.1) is 0 Å². The number of H-pyrrole nitrogens is 1. The molecule has 1 atom stereocenters. The van der Waals surface area contributed by atoms with E-state index in [0.717, 1.165) is 48.9 Å². The fraction of sp³-hybridized carbons (Fsp3) is 0.368. The second kappa shape index (κ2) is 6.09. The number of nitrogens with zero attached hydrogens (tertiary/aromatic N) is 4. The maximum atomic E-state index is 13.1. The van der Waals surface area contributed by atoms with Gasteiger partial charge < -0.3 is 9.42 Å². The van der Waals surface area contributed by atoms with Crippen molar-refractivity contribution in [1.82, 2.24) is 25.2 Å². The third-order valence-corrected chi connectivity index (χ3v) is 5.28. The van der Waals surface area contributed by atoms with Crippen molar-refractivity contribution in [2.45, 2.75) is 38.1 Å². The lowest BCUT2D eigenvalue weighted by Crippen LogP contribution is -2.31. The predicted molar refractivity (Wildman–Crippen MR) is 93.4 cm³/mol. The maximum Gasteiger partial charge on any atom is 0.275 e. The van der Waals surface area contributed by atoms with E-state index in [1.807, 2.05) is 35.2 Å². The number of carbonyl (C=O) groups is 1. The fourth-order valence-corrected chi connectivity index (χ4v) is 3.97. The molecule has 3 heterocycles. The zero-order chi connectivity index (χ0) is 17.5. The van der Waals surface area contributed by atoms with E-state index >= 15 is 0 Å². The standard InChI is InChI=1S/C19H19N5O2/c25-19(16-13-8-4-9-14(13)21-22-16)24-11-5-10-15(24)18-20-17(23-26-18)12-6-2-1-3-7-12/h1-3,6-7,15H,4-5,8-11H2,(H,21,22). The minimum absolute atomic E-state index is 0.0358. The van der Waals surface area contributed by atoms with Gasteiger partial charge in [-0.1, -0.05) is 35.5 Å². The molecule has 0 bridgehead atoms. The summed E-state index contributed by atoms with van der Waals surface area (Å²) < 4.78 is 5.51. The molecule has 3 aromatic rings. The summed E-state index contributed by atoms with van der Waals surface area (Å²) in [6, 6.07) is 9.54. The molecule has 0 radical (unpaired) electrons. The SMILES string of the molecule is O=C(c1n[nH]c2c1CCC2)N1CCCC1c1nc(-c2ccccc2)no1. The first-order chi connectivity index (χ1) is 12.8. The Morgan fingerprint density at radius 1 is 1.19 bits per heavy atom. The van der Waals surface area contributed by atoms with E-state index in [-0.39, 0.29) is 11.9 Å². The number of benzene rings is 1. The van der Waals surface area contributed by atoms with Crippen molar-refractivity contribution in [2.24, 2.45) is 0 Å². The highest BCUT2D eigenvalue weighted by Crippen LogP contribution is 2.34. The van der Waals surface area contributed by atoms with Crippen molar-refractivity contribution in [1.29, 1.82) is 0 Å². The van der Waals surface area contributed by atoms with Crippen LogP contribution in [0, 0.1) is 0 Å². The molecule has 7 nitrogen and oxygen atoms in total. The number of rotatable bonds is 3. The lowest BCUT2D eigenvalue weighted by Gasteiger charge is -2.21. The van der Waals surface area contributed by atoms with E-state index in [9.17, 15) is 4.79 Å². The summed E-state index contributed by atoms with van der Waals surface area (Å²) in [6.45, 7) is 0.689. The molecule has 1 saturated heterocycles. The molecule has 1 fully saturated rings. The minimum Gasteiger partial charge on any atom is -0.337 e. The van der Waals surface area contributed by atoms with Crippen LogP contribution < -0.4 is 0 Å². The van der Waals surface area contributed by atoms with Crippen LogP contribution in [0.5, 0.6) is 0 Å². The van der Waals surface area contributed by atoms with E-state index in [0.29, 0.717) is 24.0 Å². The molecular weight excluding hydrogens is 330 g/mol. The van der Waals surface area contributed by atoms with Gasteiger partial charge in [-0.15, -0.1) is 0 Å². The number of carbonyl (C=O) groups excluding carboxylic acids is 1. The Balaban J connectivity index is 1.42. The van der Waals surface area contributed by atoms with Gasteiger partial charge in [-0.3, -0.25) is 9.89 Å². The molecule has 2 aromatic heterocycles. The third-order valence-electron chi connectivity index (χ3n) is 5.28. The summed E-state index contributed by atoms with van der Waals surface area (Å²) in [5, 5.41) is 11.4. The van der Waals surface area contributed by atoms with E-state index in [1.54, 1.807) is 0 Å². The highest BCUT2D eigenvalue weighted by atomic mass is 16.5. The van der Waals surface area contributed by atoms with Gasteiger partial charge in [-0.2, -0.15) is 10.1 Å². The molecule has 1 N–H and O–H groups in total. The molecule has 1 aromatic carbocycles. The van der Waals surface area contributed by atoms with Gasteiger partial charge in [-0.05, 0) is 32.1 Å². The predicted octanol–water partition coefficient (Wildman–Crippen LogP) is 2.93. The van der Waals surface area contributed by atoms with Crippen molar-refractivity contribution < 1.29 is 9.32 Å². The average molecular weight is 349 g/mol. The summed E-state index contributed by atoms with van der Waals surface area (Å²) in [5.74, 6) is 1.02. The Bertz CT molecular complexity index is 946. The average Bonchev–Trinajstić information content (AvgIpc) is 3.45. The lowest BCUT2D eigenvalue weighted by molar-refractivity contribution is 0.0703. The molecule has 26 heavy (non-hydrogen) atoms. The van der Waals surface area contributed by atoms with Crippen molar-refractivity contribution in [3.63, 3.8) is 0 Å². The summed E-state index contributed by atoms with van der Waals surface area (Å²) in [7, 11) is 0. The highest BCUT2D eigenvalue weighted by Gasteiger charge is 2.37. The summed E-state index contributed by atoms with van der Waals surface area (Å²) in [4.78, 5) is 19.5. The van der Waals surface area contributed by atoms with Gasteiger partial charge in [0.25, 0.3) is 5.91 Å². The van der Waals surface area contributed by atoms with Crippen LogP contribution in [0.4, 0.5) is 0 Å². The van der Waals surface area contributed by atoms with Crippen LogP contribution in [0.3, 0.4) is 0 Å². The van der Waals surface area contributed by atoms with Crippen molar-refractivity contribution >= 4 is 5.91 Å². The number of aromatic amines is 1. The first kappa shape index (κ1) is 15.3. The molecule has 0 spiro atoms. The van der Waals surface area contributed by atoms with E-state index in [1.165, 1.54) is 0 Å². The summed E-state index contributed by atoms with van der Waals surface area (Å²) in [5.41, 5.74) is 3.65. The van der Waals surface area contributed by atoms with E-state index < -0.39 is 0 Å². The third kappa shape index (κ3) is 2.42. The Kier molecular flexibility index (Phi) is 3.58. The zero-order valence-electron chi connectivity index (χ0n) is 14.3. The van der Waals surface area contributed by atoms with Crippen LogP contribution >= 0.6 is 0 Å². The lowest BCUT2D eigenvalue weighted by atomic mass is 10.1. The molecule has 7 heteroatoms. The number of fused-ring (bicyclic) bond motifs is 1. The molecule has 2 aliphatic rings. The van der Waals surface area contributed by atoms with Crippen LogP contribution in [0.25, 0.3) is 11.4 Å². The van der Waals surface area contributed by atoms with Crippen LogP contribution in [-0.4, -0.2) is 37.7 Å². The Hall–Kier alpha value is -2.96. The van der Waals surface area contributed by atoms with Crippen molar-refractivity contribution in [3.8, 4) is 11.4 Å². The number of nitrogens with one attached hydrogen (secondary N) is 1. The molecule has 0 saturated carbocycles. The molecule has 1 amide bonds. The number of aryl methyl sites for hydroxylation is 1. The van der Waals surface area contributed by atoms with Gasteiger partial charge in [-0.25, -0.2) is 0 Å². The minimum atomic E-state index is -0.179. The largest absolute Gasteiger partial charge is 0.337 e. The van der Waals surface area contributed by atoms with Gasteiger partial charge in [0.2, 0.25) is 11.7 Å². The fourth-order valence-electron chi connectivity index (χ4n) is 3.97. The second-order valence-electron chi connectivity index (χ2n) is 6.86. The normalized spacial score (nSPS) is 19.1. The van der Waals surface area contributed by atoms with Crippen LogP contribution in [-0.2, 0) is 12.8 Å². The Labute approximate surface area is 150 Å². The van der Waals surface area contributed by atoms with Gasteiger partial charge in [0.15, 0.2) is 5.69 Å². The molecule has 1 aliphatic heterocycles. The number of likely N-dealkylation sites (tertiary alicyclic amines) is 1. The van der Waals surface area contributed by atoms with Crippen LogP contribution in [0.1, 0.15) is 52.9 Å². The number of amides is 1. The van der Waals surface area contributed by atoms with E-state index in [4.69, 9.17) is 4.52 Å². The van der Waals surface area contributed by atoms with Crippen molar-refractivity contribution in [3.05, 3.63) is 53.2 Å². The molecule has 1 aliphatic carbocycles. The quantitative estimate of drug-likeness (QED) is 0.785. The number of hydrogen-bond acceptors (Lipinski definition) is 5. The summed E-state index contributed by atoms with van der Waals surface area (Å²) in [6.07, 6.45) is 4.73. The van der Waals surface area contributed by atoms with Gasteiger partial charge in [0.1, 0.15) is 6.04 Å². The number of hydrogen-bond donors (Lipinski definition) is 1. The van der Waals surface area contributed by atoms with Gasteiger partial charge in [0, 0.05) is 23.4 Å². The zero-order valence-corrected chi connectivity index (χ0v) is 14.3. The molecule has 5 rings (SSSR count). The number of aromatic nitrogens is 4. The van der Waals surface area contributed by atoms with Gasteiger partial charge >= 0.3 is 0 Å².